The monoisotopic (exact) mass is 290 g/mol. The van der Waals surface area contributed by atoms with E-state index in [0.29, 0.717) is 36.6 Å². The molecule has 112 valence electrons. The van der Waals surface area contributed by atoms with Crippen molar-refractivity contribution in [2.24, 2.45) is 0 Å². The fraction of sp³-hybridized carbons (Fsp3) is 0.357. The van der Waals surface area contributed by atoms with Crippen molar-refractivity contribution in [2.45, 2.75) is 26.5 Å². The molecule has 1 heterocycles. The molecule has 0 aliphatic carbocycles. The number of aliphatic hydroxyl groups excluding tert-OH is 1. The van der Waals surface area contributed by atoms with Crippen LogP contribution in [0.2, 0.25) is 0 Å². The predicted molar refractivity (Wildman–Crippen MR) is 76.8 cm³/mol. The van der Waals surface area contributed by atoms with Gasteiger partial charge in [-0.1, -0.05) is 0 Å². The van der Waals surface area contributed by atoms with Crippen molar-refractivity contribution in [2.75, 3.05) is 11.9 Å². The van der Waals surface area contributed by atoms with E-state index in [0.717, 1.165) is 0 Å². The Morgan fingerprint density at radius 3 is 3.00 bits per heavy atom. The second-order valence-corrected chi connectivity index (χ2v) is 4.37. The highest BCUT2D eigenvalue weighted by molar-refractivity contribution is 5.90. The number of rotatable bonds is 7. The van der Waals surface area contributed by atoms with Crippen LogP contribution in [0.4, 0.5) is 5.69 Å². The topological polar surface area (TPSA) is 89.3 Å². The molecule has 2 aromatic rings. The lowest BCUT2D eigenvalue weighted by Gasteiger charge is -2.11. The van der Waals surface area contributed by atoms with Gasteiger partial charge in [-0.15, -0.1) is 0 Å². The molecule has 1 aromatic carbocycles. The molecule has 1 amide bonds. The minimum absolute atomic E-state index is 0.126. The summed E-state index contributed by atoms with van der Waals surface area (Å²) in [5, 5.41) is 16.0. The number of nitrogens with zero attached hydrogens (tertiary/aromatic N) is 3. The van der Waals surface area contributed by atoms with Gasteiger partial charge in [0.05, 0.1) is 19.8 Å². The molecule has 0 bridgehead atoms. The molecule has 1 aromatic heterocycles. The summed E-state index contributed by atoms with van der Waals surface area (Å²) >= 11 is 0. The van der Waals surface area contributed by atoms with Crippen LogP contribution in [0, 0.1) is 0 Å². The Morgan fingerprint density at radius 2 is 2.33 bits per heavy atom. The van der Waals surface area contributed by atoms with E-state index in [4.69, 9.17) is 4.74 Å². The first-order chi connectivity index (χ1) is 10.2. The molecular formula is C14H18N4O3. The molecule has 0 spiro atoms. The highest BCUT2D eigenvalue weighted by Crippen LogP contribution is 2.23. The smallest absolute Gasteiger partial charge is 0.226 e. The zero-order valence-electron chi connectivity index (χ0n) is 11.8. The van der Waals surface area contributed by atoms with E-state index >= 15 is 0 Å². The first kappa shape index (κ1) is 15.0. The summed E-state index contributed by atoms with van der Waals surface area (Å²) in [5.74, 6) is 0.499. The van der Waals surface area contributed by atoms with E-state index in [-0.39, 0.29) is 12.5 Å². The van der Waals surface area contributed by atoms with Gasteiger partial charge in [-0.2, -0.15) is 5.10 Å². The molecule has 0 unspecified atom stereocenters. The lowest BCUT2D eigenvalue weighted by Crippen LogP contribution is -2.15. The van der Waals surface area contributed by atoms with Gasteiger partial charge >= 0.3 is 0 Å². The number of hydrogen-bond donors (Lipinski definition) is 2. The molecule has 0 saturated heterocycles. The molecule has 21 heavy (non-hydrogen) atoms. The Bertz CT molecular complexity index is 584. The number of ether oxygens (including phenoxy) is 1. The van der Waals surface area contributed by atoms with Gasteiger partial charge in [0.25, 0.3) is 0 Å². The van der Waals surface area contributed by atoms with E-state index < -0.39 is 0 Å². The zero-order chi connectivity index (χ0) is 15.1. The van der Waals surface area contributed by atoms with Crippen LogP contribution in [0.1, 0.15) is 18.9 Å². The van der Waals surface area contributed by atoms with Crippen LogP contribution in [0.3, 0.4) is 0 Å². The summed E-state index contributed by atoms with van der Waals surface area (Å²) in [6.45, 7) is 2.73. The number of aromatic nitrogens is 3. The van der Waals surface area contributed by atoms with Crippen molar-refractivity contribution in [3.05, 3.63) is 36.4 Å². The second kappa shape index (κ2) is 7.39. The normalized spacial score (nSPS) is 10.4. The van der Waals surface area contributed by atoms with Gasteiger partial charge < -0.3 is 15.2 Å². The van der Waals surface area contributed by atoms with Crippen LogP contribution in [0.15, 0.2) is 30.9 Å². The Morgan fingerprint density at radius 1 is 1.48 bits per heavy atom. The highest BCUT2D eigenvalue weighted by Gasteiger charge is 2.07. The first-order valence-electron chi connectivity index (χ1n) is 6.71. The fourth-order valence-electron chi connectivity index (χ4n) is 1.86. The Kier molecular flexibility index (Phi) is 5.28. The molecule has 7 nitrogen and oxygen atoms in total. The highest BCUT2D eigenvalue weighted by atomic mass is 16.5. The molecule has 0 aliphatic rings. The standard InChI is InChI=1S/C14H18N4O3/c1-2-21-13-4-3-12(7-11(13)8-19)17-14(20)5-6-18-10-15-9-16-18/h3-4,7,9-10,19H,2,5-6,8H2,1H3,(H,17,20). The molecule has 0 aliphatic heterocycles. The molecule has 2 N–H and O–H groups in total. The Labute approximate surface area is 122 Å². The second-order valence-electron chi connectivity index (χ2n) is 4.37. The SMILES string of the molecule is CCOc1ccc(NC(=O)CCn2cncn2)cc1CO. The van der Waals surface area contributed by atoms with Gasteiger partial charge in [0, 0.05) is 17.7 Å². The third-order valence-electron chi connectivity index (χ3n) is 2.85. The van der Waals surface area contributed by atoms with E-state index in [2.05, 4.69) is 15.4 Å². The molecular weight excluding hydrogens is 272 g/mol. The van der Waals surface area contributed by atoms with Crippen molar-refractivity contribution in [3.8, 4) is 5.75 Å². The number of nitrogens with one attached hydrogen (secondary N) is 1. The van der Waals surface area contributed by atoms with E-state index in [1.165, 1.54) is 6.33 Å². The summed E-state index contributed by atoms with van der Waals surface area (Å²) in [4.78, 5) is 15.7. The Hall–Kier alpha value is -2.41. The number of hydrogen-bond acceptors (Lipinski definition) is 5. The Balaban J connectivity index is 1.93. The summed E-state index contributed by atoms with van der Waals surface area (Å²) in [6.07, 6.45) is 3.29. The summed E-state index contributed by atoms with van der Waals surface area (Å²) in [5.41, 5.74) is 1.28. The lowest BCUT2D eigenvalue weighted by molar-refractivity contribution is -0.116. The van der Waals surface area contributed by atoms with E-state index in [1.54, 1.807) is 29.2 Å². The average molecular weight is 290 g/mol. The first-order valence-corrected chi connectivity index (χ1v) is 6.71. The maximum absolute atomic E-state index is 11.9. The zero-order valence-corrected chi connectivity index (χ0v) is 11.8. The van der Waals surface area contributed by atoms with Crippen molar-refractivity contribution >= 4 is 11.6 Å². The largest absolute Gasteiger partial charge is 0.494 e. The number of aryl methyl sites for hydroxylation is 1. The van der Waals surface area contributed by atoms with Crippen LogP contribution < -0.4 is 10.1 Å². The van der Waals surface area contributed by atoms with E-state index in [9.17, 15) is 9.90 Å². The van der Waals surface area contributed by atoms with Gasteiger partial charge in [-0.05, 0) is 25.1 Å². The molecule has 2 rings (SSSR count). The maximum atomic E-state index is 11.9. The minimum Gasteiger partial charge on any atom is -0.494 e. The van der Waals surface area contributed by atoms with Crippen molar-refractivity contribution in [1.29, 1.82) is 0 Å². The maximum Gasteiger partial charge on any atom is 0.226 e. The van der Waals surface area contributed by atoms with Crippen LogP contribution in [0.25, 0.3) is 0 Å². The van der Waals surface area contributed by atoms with E-state index in [1.807, 2.05) is 6.92 Å². The number of carbonyl (C=O) groups excluding carboxylic acids is 1. The summed E-state index contributed by atoms with van der Waals surface area (Å²) < 4.78 is 6.99. The minimum atomic E-state index is -0.141. The van der Waals surface area contributed by atoms with Gasteiger partial charge in [0.2, 0.25) is 5.91 Å². The van der Waals surface area contributed by atoms with Crippen LogP contribution in [0.5, 0.6) is 5.75 Å². The van der Waals surface area contributed by atoms with Gasteiger partial charge in [-0.3, -0.25) is 9.48 Å². The quantitative estimate of drug-likeness (QED) is 0.799. The molecule has 0 radical (unpaired) electrons. The summed E-state index contributed by atoms with van der Waals surface area (Å²) in [7, 11) is 0. The fourth-order valence-corrected chi connectivity index (χ4v) is 1.86. The third kappa shape index (κ3) is 4.28. The molecule has 0 saturated carbocycles. The predicted octanol–water partition coefficient (Wildman–Crippen LogP) is 1.20. The molecule has 0 fully saturated rings. The van der Waals surface area contributed by atoms with Crippen molar-refractivity contribution in [1.82, 2.24) is 14.8 Å². The van der Waals surface area contributed by atoms with Crippen LogP contribution in [-0.2, 0) is 17.9 Å². The lowest BCUT2D eigenvalue weighted by atomic mass is 10.2. The van der Waals surface area contributed by atoms with Gasteiger partial charge in [-0.25, -0.2) is 4.98 Å². The summed E-state index contributed by atoms with van der Waals surface area (Å²) in [6, 6.07) is 5.19. The number of anilines is 1. The average Bonchev–Trinajstić information content (AvgIpc) is 3.00. The van der Waals surface area contributed by atoms with Gasteiger partial charge in [0.15, 0.2) is 0 Å². The van der Waals surface area contributed by atoms with Crippen LogP contribution >= 0.6 is 0 Å². The molecule has 7 heteroatoms. The number of benzene rings is 1. The van der Waals surface area contributed by atoms with Crippen LogP contribution in [-0.4, -0.2) is 32.4 Å². The van der Waals surface area contributed by atoms with Gasteiger partial charge in [0.1, 0.15) is 18.4 Å². The number of amides is 1. The third-order valence-corrected chi connectivity index (χ3v) is 2.85. The van der Waals surface area contributed by atoms with Crippen molar-refractivity contribution < 1.29 is 14.6 Å². The molecule has 0 atom stereocenters. The number of aliphatic hydroxyl groups is 1. The van der Waals surface area contributed by atoms with Crippen molar-refractivity contribution in [3.63, 3.8) is 0 Å². The number of carbonyl (C=O) groups is 1.